The number of nitrogens with zero attached hydrogens (tertiary/aromatic N) is 1. The molecule has 3 aromatic rings. The Morgan fingerprint density at radius 3 is 2.34 bits per heavy atom. The van der Waals surface area contributed by atoms with Gasteiger partial charge >= 0.3 is 12.3 Å². The van der Waals surface area contributed by atoms with Crippen LogP contribution in [0.15, 0.2) is 53.9 Å². The minimum atomic E-state index is -4.80. The molecule has 0 bridgehead atoms. The number of carbonyl (C=O) groups excluding carboxylic acids is 2. The molecule has 7 nitrogen and oxygen atoms in total. The third-order valence-corrected chi connectivity index (χ3v) is 4.67. The molecule has 1 aromatic heterocycles. The fourth-order valence-corrected chi connectivity index (χ4v) is 3.07. The second kappa shape index (κ2) is 10.1. The third-order valence-electron chi connectivity index (χ3n) is 3.85. The SMILES string of the molecule is Cc1ccc(OCc2nc(C(=O)OCC(=O)Nc3ccc(OC(F)(F)F)cc3)cs2)cc1. The van der Waals surface area contributed by atoms with Gasteiger partial charge in [-0.05, 0) is 43.3 Å². The van der Waals surface area contributed by atoms with Gasteiger partial charge in [-0.25, -0.2) is 9.78 Å². The summed E-state index contributed by atoms with van der Waals surface area (Å²) >= 11 is 1.21. The van der Waals surface area contributed by atoms with Crippen molar-refractivity contribution in [2.45, 2.75) is 19.9 Å². The normalized spacial score (nSPS) is 11.0. The fourth-order valence-electron chi connectivity index (χ4n) is 2.39. The van der Waals surface area contributed by atoms with Crippen LogP contribution >= 0.6 is 11.3 Å². The van der Waals surface area contributed by atoms with Crippen LogP contribution in [0, 0.1) is 6.92 Å². The van der Waals surface area contributed by atoms with Gasteiger partial charge in [-0.3, -0.25) is 4.79 Å². The first-order valence-corrected chi connectivity index (χ1v) is 10.0. The van der Waals surface area contributed by atoms with E-state index in [0.717, 1.165) is 17.7 Å². The number of alkyl halides is 3. The Hall–Kier alpha value is -3.60. The summed E-state index contributed by atoms with van der Waals surface area (Å²) in [7, 11) is 0. The number of ether oxygens (including phenoxy) is 3. The summed E-state index contributed by atoms with van der Waals surface area (Å²) in [5.74, 6) is -1.20. The van der Waals surface area contributed by atoms with Crippen molar-refractivity contribution in [1.29, 1.82) is 0 Å². The van der Waals surface area contributed by atoms with E-state index in [1.807, 2.05) is 31.2 Å². The summed E-state index contributed by atoms with van der Waals surface area (Å²) in [4.78, 5) is 28.1. The van der Waals surface area contributed by atoms with Gasteiger partial charge in [0.25, 0.3) is 5.91 Å². The number of carbonyl (C=O) groups is 2. The minimum absolute atomic E-state index is 0.0407. The first-order chi connectivity index (χ1) is 15.2. The van der Waals surface area contributed by atoms with Gasteiger partial charge in [-0.1, -0.05) is 17.7 Å². The lowest BCUT2D eigenvalue weighted by Gasteiger charge is -2.10. The Labute approximate surface area is 184 Å². The number of halogens is 3. The number of hydrogen-bond donors (Lipinski definition) is 1. The maximum atomic E-state index is 12.2. The van der Waals surface area contributed by atoms with E-state index in [2.05, 4.69) is 15.0 Å². The zero-order chi connectivity index (χ0) is 23.1. The summed E-state index contributed by atoms with van der Waals surface area (Å²) < 4.78 is 50.7. The molecule has 0 radical (unpaired) electrons. The molecule has 0 fully saturated rings. The summed E-state index contributed by atoms with van der Waals surface area (Å²) in [6.45, 7) is 1.55. The average molecular weight is 466 g/mol. The van der Waals surface area contributed by atoms with E-state index < -0.39 is 30.6 Å². The molecule has 0 unspecified atom stereocenters. The minimum Gasteiger partial charge on any atom is -0.486 e. The molecule has 3 rings (SSSR count). The second-order valence-electron chi connectivity index (χ2n) is 6.42. The van der Waals surface area contributed by atoms with Gasteiger partial charge in [0.05, 0.1) is 0 Å². The molecule has 1 N–H and O–H groups in total. The van der Waals surface area contributed by atoms with E-state index >= 15 is 0 Å². The van der Waals surface area contributed by atoms with Crippen molar-refractivity contribution in [3.63, 3.8) is 0 Å². The molecule has 0 spiro atoms. The predicted molar refractivity (Wildman–Crippen MR) is 110 cm³/mol. The zero-order valence-corrected chi connectivity index (χ0v) is 17.5. The number of nitrogens with one attached hydrogen (secondary N) is 1. The van der Waals surface area contributed by atoms with Crippen molar-refractivity contribution in [1.82, 2.24) is 4.98 Å². The van der Waals surface area contributed by atoms with Gasteiger partial charge in [0.2, 0.25) is 0 Å². The number of aryl methyl sites for hydroxylation is 1. The van der Waals surface area contributed by atoms with Crippen molar-refractivity contribution in [3.8, 4) is 11.5 Å². The summed E-state index contributed by atoms with van der Waals surface area (Å²) in [5, 5.41) is 4.45. The number of esters is 1. The molecule has 2 aromatic carbocycles. The average Bonchev–Trinajstić information content (AvgIpc) is 3.21. The van der Waals surface area contributed by atoms with Crippen LogP contribution in [0.4, 0.5) is 18.9 Å². The number of thiazole rings is 1. The standard InChI is InChI=1S/C21H17F3N2O5S/c1-13-2-6-15(7-3-13)29-11-19-26-17(12-32-19)20(28)30-10-18(27)25-14-4-8-16(9-5-14)31-21(22,23)24/h2-9,12H,10-11H2,1H3,(H,25,27). The molecule has 11 heteroatoms. The largest absolute Gasteiger partial charge is 0.573 e. The van der Waals surface area contributed by atoms with Crippen LogP contribution in [-0.2, 0) is 16.1 Å². The van der Waals surface area contributed by atoms with Gasteiger partial charge in [0.1, 0.15) is 23.1 Å². The third kappa shape index (κ3) is 7.27. The molecular formula is C21H17F3N2O5S. The molecule has 1 heterocycles. The van der Waals surface area contributed by atoms with E-state index in [-0.39, 0.29) is 18.0 Å². The van der Waals surface area contributed by atoms with E-state index in [0.29, 0.717) is 10.8 Å². The second-order valence-corrected chi connectivity index (χ2v) is 7.37. The van der Waals surface area contributed by atoms with Crippen LogP contribution in [0.3, 0.4) is 0 Å². The lowest BCUT2D eigenvalue weighted by molar-refractivity contribution is -0.274. The number of benzene rings is 2. The van der Waals surface area contributed by atoms with Crippen molar-refractivity contribution in [2.75, 3.05) is 11.9 Å². The first-order valence-electron chi connectivity index (χ1n) is 9.14. The highest BCUT2D eigenvalue weighted by atomic mass is 32.1. The van der Waals surface area contributed by atoms with Crippen LogP contribution in [0.25, 0.3) is 0 Å². The van der Waals surface area contributed by atoms with E-state index in [1.165, 1.54) is 28.8 Å². The van der Waals surface area contributed by atoms with Crippen molar-refractivity contribution < 1.29 is 37.0 Å². The monoisotopic (exact) mass is 466 g/mol. The highest BCUT2D eigenvalue weighted by Gasteiger charge is 2.31. The van der Waals surface area contributed by atoms with Crippen molar-refractivity contribution >= 4 is 28.9 Å². The molecule has 0 atom stereocenters. The number of rotatable bonds is 8. The van der Waals surface area contributed by atoms with Gasteiger partial charge in [-0.2, -0.15) is 0 Å². The summed E-state index contributed by atoms with van der Waals surface area (Å²) in [6.07, 6.45) is -4.80. The summed E-state index contributed by atoms with van der Waals surface area (Å²) in [5.41, 5.74) is 1.36. The fraction of sp³-hybridized carbons (Fsp3) is 0.190. The Kier molecular flexibility index (Phi) is 7.31. The number of hydrogen-bond acceptors (Lipinski definition) is 7. The van der Waals surface area contributed by atoms with Crippen LogP contribution in [-0.4, -0.2) is 29.8 Å². The predicted octanol–water partition coefficient (Wildman–Crippen LogP) is 4.72. The topological polar surface area (TPSA) is 86.8 Å². The smallest absolute Gasteiger partial charge is 0.486 e. The molecule has 0 aliphatic carbocycles. The van der Waals surface area contributed by atoms with Gasteiger partial charge in [0.15, 0.2) is 12.3 Å². The molecule has 0 saturated heterocycles. The highest BCUT2D eigenvalue weighted by molar-refractivity contribution is 7.09. The molecular weight excluding hydrogens is 449 g/mol. The molecule has 32 heavy (non-hydrogen) atoms. The Balaban J connectivity index is 1.44. The van der Waals surface area contributed by atoms with Crippen LogP contribution in [0.1, 0.15) is 21.1 Å². The summed E-state index contributed by atoms with van der Waals surface area (Å²) in [6, 6.07) is 12.0. The Morgan fingerprint density at radius 2 is 1.69 bits per heavy atom. The molecule has 0 saturated carbocycles. The number of aromatic nitrogens is 1. The van der Waals surface area contributed by atoms with Crippen molar-refractivity contribution in [2.24, 2.45) is 0 Å². The van der Waals surface area contributed by atoms with E-state index in [1.54, 1.807) is 0 Å². The maximum Gasteiger partial charge on any atom is 0.573 e. The quantitative estimate of drug-likeness (QED) is 0.484. The highest BCUT2D eigenvalue weighted by Crippen LogP contribution is 2.24. The van der Waals surface area contributed by atoms with Gasteiger partial charge in [0, 0.05) is 11.1 Å². The van der Waals surface area contributed by atoms with Crippen LogP contribution in [0.2, 0.25) is 0 Å². The van der Waals surface area contributed by atoms with Crippen LogP contribution < -0.4 is 14.8 Å². The van der Waals surface area contributed by atoms with Gasteiger partial charge in [-0.15, -0.1) is 24.5 Å². The van der Waals surface area contributed by atoms with Crippen LogP contribution in [0.5, 0.6) is 11.5 Å². The molecule has 0 aliphatic heterocycles. The lowest BCUT2D eigenvalue weighted by atomic mass is 10.2. The van der Waals surface area contributed by atoms with Crippen molar-refractivity contribution in [3.05, 3.63) is 70.2 Å². The van der Waals surface area contributed by atoms with E-state index in [9.17, 15) is 22.8 Å². The van der Waals surface area contributed by atoms with E-state index in [4.69, 9.17) is 9.47 Å². The zero-order valence-electron chi connectivity index (χ0n) is 16.6. The lowest BCUT2D eigenvalue weighted by Crippen LogP contribution is -2.21. The number of anilines is 1. The van der Waals surface area contributed by atoms with Gasteiger partial charge < -0.3 is 19.5 Å². The Bertz CT molecular complexity index is 1070. The molecule has 168 valence electrons. The first kappa shape index (κ1) is 23.1. The number of amides is 1. The molecule has 1 amide bonds. The Morgan fingerprint density at radius 1 is 1.03 bits per heavy atom. The maximum absolute atomic E-state index is 12.2. The molecule has 0 aliphatic rings.